The molecule has 1 amide bonds. The molecule has 2 aliphatic heterocycles. The molecule has 3 rings (SSSR count). The average Bonchev–Trinajstić information content (AvgIpc) is 2.83. The van der Waals surface area contributed by atoms with E-state index in [-0.39, 0.29) is 18.0 Å². The third-order valence-corrected chi connectivity index (χ3v) is 4.32. The van der Waals surface area contributed by atoms with E-state index in [4.69, 9.17) is 0 Å². The predicted octanol–water partition coefficient (Wildman–Crippen LogP) is 0.762. The van der Waals surface area contributed by atoms with E-state index in [1.165, 1.54) is 5.56 Å². The topological polar surface area (TPSA) is 59.4 Å². The monoisotopic (exact) mass is 284 g/mol. The van der Waals surface area contributed by atoms with Gasteiger partial charge in [0.1, 0.15) is 6.04 Å². The van der Waals surface area contributed by atoms with Gasteiger partial charge in [-0.05, 0) is 25.0 Å². The van der Waals surface area contributed by atoms with E-state index in [2.05, 4.69) is 24.4 Å². The fourth-order valence-electron chi connectivity index (χ4n) is 3.26. The van der Waals surface area contributed by atoms with Gasteiger partial charge >= 0.3 is 0 Å². The predicted molar refractivity (Wildman–Crippen MR) is 80.9 cm³/mol. The lowest BCUT2D eigenvalue weighted by Crippen LogP contribution is -2.54. The molecule has 5 heteroatoms. The third-order valence-electron chi connectivity index (χ3n) is 4.32. The highest BCUT2D eigenvalue weighted by molar-refractivity contribution is 5.97. The summed E-state index contributed by atoms with van der Waals surface area (Å²) in [5.74, 6) is 0.0922. The Morgan fingerprint density at radius 3 is 3.10 bits per heavy atom. The number of nitriles is 1. The molecular weight excluding hydrogens is 264 g/mol. The number of hydrogen-bond donors (Lipinski definition) is 1. The molecule has 1 N–H and O–H groups in total. The molecule has 1 fully saturated rings. The van der Waals surface area contributed by atoms with E-state index < -0.39 is 0 Å². The standard InChI is InChI=1S/C16H20N4O/c1-12-8-13-4-2-3-5-15(13)20(12)16(21)11-19-7-6-18-10-14(19)9-17/h2-5,12,14,18H,6-8,10-11H2,1H3. The molecular formula is C16H20N4O. The first-order chi connectivity index (χ1) is 10.2. The van der Waals surface area contributed by atoms with E-state index in [0.29, 0.717) is 13.1 Å². The Morgan fingerprint density at radius 1 is 1.48 bits per heavy atom. The number of carbonyl (C=O) groups is 1. The van der Waals surface area contributed by atoms with Gasteiger partial charge < -0.3 is 10.2 Å². The summed E-state index contributed by atoms with van der Waals surface area (Å²) in [6.07, 6.45) is 0.908. The van der Waals surface area contributed by atoms with Crippen LogP contribution in [0.1, 0.15) is 12.5 Å². The van der Waals surface area contributed by atoms with Gasteiger partial charge in [0.2, 0.25) is 5.91 Å². The van der Waals surface area contributed by atoms with Gasteiger partial charge in [0.15, 0.2) is 0 Å². The summed E-state index contributed by atoms with van der Waals surface area (Å²) in [6, 6.07) is 10.3. The number of nitrogens with zero attached hydrogens (tertiary/aromatic N) is 3. The first-order valence-corrected chi connectivity index (χ1v) is 7.45. The number of piperazine rings is 1. The number of fused-ring (bicyclic) bond motifs is 1. The van der Waals surface area contributed by atoms with E-state index in [9.17, 15) is 10.1 Å². The minimum atomic E-state index is -0.212. The smallest absolute Gasteiger partial charge is 0.241 e. The molecule has 2 aliphatic rings. The largest absolute Gasteiger partial charge is 0.313 e. The summed E-state index contributed by atoms with van der Waals surface area (Å²) in [5, 5.41) is 12.4. The maximum atomic E-state index is 12.7. The molecule has 1 saturated heterocycles. The zero-order chi connectivity index (χ0) is 14.8. The number of hydrogen-bond acceptors (Lipinski definition) is 4. The second kappa shape index (κ2) is 5.84. The number of nitrogens with one attached hydrogen (secondary N) is 1. The maximum absolute atomic E-state index is 12.7. The van der Waals surface area contributed by atoms with E-state index in [1.54, 1.807) is 0 Å². The fourth-order valence-corrected chi connectivity index (χ4v) is 3.26. The Bertz CT molecular complexity index is 580. The van der Waals surface area contributed by atoms with E-state index in [0.717, 1.165) is 25.2 Å². The Labute approximate surface area is 125 Å². The van der Waals surface area contributed by atoms with Crippen LogP contribution in [0.25, 0.3) is 0 Å². The summed E-state index contributed by atoms with van der Waals surface area (Å²) < 4.78 is 0. The van der Waals surface area contributed by atoms with Crippen LogP contribution in [0.3, 0.4) is 0 Å². The van der Waals surface area contributed by atoms with Crippen molar-refractivity contribution in [3.05, 3.63) is 29.8 Å². The summed E-state index contributed by atoms with van der Waals surface area (Å²) in [7, 11) is 0. The van der Waals surface area contributed by atoms with Crippen molar-refractivity contribution in [1.82, 2.24) is 10.2 Å². The number of anilines is 1. The lowest BCUT2D eigenvalue weighted by Gasteiger charge is -2.33. The van der Waals surface area contributed by atoms with Gasteiger partial charge in [-0.3, -0.25) is 9.69 Å². The second-order valence-electron chi connectivity index (χ2n) is 5.77. The van der Waals surface area contributed by atoms with E-state index >= 15 is 0 Å². The van der Waals surface area contributed by atoms with Crippen molar-refractivity contribution in [1.29, 1.82) is 5.26 Å². The molecule has 110 valence electrons. The minimum Gasteiger partial charge on any atom is -0.313 e. The number of benzene rings is 1. The molecule has 21 heavy (non-hydrogen) atoms. The number of amides is 1. The van der Waals surface area contributed by atoms with E-state index in [1.807, 2.05) is 28.0 Å². The third kappa shape index (κ3) is 2.65. The fraction of sp³-hybridized carbons (Fsp3) is 0.500. The first kappa shape index (κ1) is 14.1. The zero-order valence-electron chi connectivity index (χ0n) is 12.2. The van der Waals surface area contributed by atoms with Crippen LogP contribution in [0.4, 0.5) is 5.69 Å². The molecule has 0 aliphatic carbocycles. The quantitative estimate of drug-likeness (QED) is 0.871. The lowest BCUT2D eigenvalue weighted by atomic mass is 10.1. The molecule has 2 unspecified atom stereocenters. The van der Waals surface area contributed by atoms with Crippen LogP contribution < -0.4 is 10.2 Å². The van der Waals surface area contributed by atoms with Crippen molar-refractivity contribution in [2.45, 2.75) is 25.4 Å². The highest BCUT2D eigenvalue weighted by Gasteiger charge is 2.33. The molecule has 0 spiro atoms. The van der Waals surface area contributed by atoms with Crippen molar-refractivity contribution in [3.63, 3.8) is 0 Å². The SMILES string of the molecule is CC1Cc2ccccc2N1C(=O)CN1CCNCC1C#N. The average molecular weight is 284 g/mol. The highest BCUT2D eigenvalue weighted by Crippen LogP contribution is 2.31. The molecule has 0 saturated carbocycles. The van der Waals surface area contributed by atoms with Gasteiger partial charge in [0, 0.05) is 31.4 Å². The molecule has 2 heterocycles. The van der Waals surface area contributed by atoms with Gasteiger partial charge in [0.25, 0.3) is 0 Å². The second-order valence-corrected chi connectivity index (χ2v) is 5.77. The summed E-state index contributed by atoms with van der Waals surface area (Å²) in [4.78, 5) is 16.6. The lowest BCUT2D eigenvalue weighted by molar-refractivity contribution is -0.120. The van der Waals surface area contributed by atoms with Gasteiger partial charge in [0.05, 0.1) is 12.6 Å². The molecule has 5 nitrogen and oxygen atoms in total. The van der Waals surface area contributed by atoms with Crippen LogP contribution in [0.2, 0.25) is 0 Å². The van der Waals surface area contributed by atoms with Gasteiger partial charge in [-0.1, -0.05) is 18.2 Å². The number of para-hydroxylation sites is 1. The van der Waals surface area contributed by atoms with Crippen LogP contribution in [-0.2, 0) is 11.2 Å². The van der Waals surface area contributed by atoms with Crippen LogP contribution in [0.15, 0.2) is 24.3 Å². The molecule has 0 bridgehead atoms. The zero-order valence-corrected chi connectivity index (χ0v) is 12.2. The van der Waals surface area contributed by atoms with Gasteiger partial charge in [-0.15, -0.1) is 0 Å². The molecule has 0 aromatic heterocycles. The summed E-state index contributed by atoms with van der Waals surface area (Å²) in [6.45, 7) is 4.61. The maximum Gasteiger partial charge on any atom is 0.241 e. The van der Waals surface area contributed by atoms with Crippen molar-refractivity contribution < 1.29 is 4.79 Å². The van der Waals surface area contributed by atoms with Crippen LogP contribution in [0, 0.1) is 11.3 Å². The number of rotatable bonds is 2. The Hall–Kier alpha value is -1.90. The molecule has 1 aromatic rings. The summed E-state index contributed by atoms with van der Waals surface area (Å²) >= 11 is 0. The minimum absolute atomic E-state index is 0.0922. The normalized spacial score (nSPS) is 25.4. The van der Waals surface area contributed by atoms with Gasteiger partial charge in [-0.2, -0.15) is 5.26 Å². The van der Waals surface area contributed by atoms with Crippen molar-refractivity contribution in [3.8, 4) is 6.07 Å². The Balaban J connectivity index is 1.75. The van der Waals surface area contributed by atoms with Crippen molar-refractivity contribution in [2.75, 3.05) is 31.1 Å². The number of carbonyl (C=O) groups excluding carboxylic acids is 1. The van der Waals surface area contributed by atoms with Crippen LogP contribution in [0.5, 0.6) is 0 Å². The Kier molecular flexibility index (Phi) is 3.91. The molecule has 0 radical (unpaired) electrons. The highest BCUT2D eigenvalue weighted by atomic mass is 16.2. The first-order valence-electron chi connectivity index (χ1n) is 7.45. The molecule has 2 atom stereocenters. The van der Waals surface area contributed by atoms with Crippen LogP contribution in [-0.4, -0.2) is 49.1 Å². The van der Waals surface area contributed by atoms with Crippen molar-refractivity contribution >= 4 is 11.6 Å². The van der Waals surface area contributed by atoms with Crippen LogP contribution >= 0.6 is 0 Å². The summed E-state index contributed by atoms with van der Waals surface area (Å²) in [5.41, 5.74) is 2.26. The van der Waals surface area contributed by atoms with Gasteiger partial charge in [-0.25, -0.2) is 0 Å². The Morgan fingerprint density at radius 2 is 2.29 bits per heavy atom. The molecule has 1 aromatic carbocycles. The van der Waals surface area contributed by atoms with Crippen molar-refractivity contribution in [2.24, 2.45) is 0 Å².